The summed E-state index contributed by atoms with van der Waals surface area (Å²) in [6.07, 6.45) is 3.65. The number of hydrogen-bond acceptors (Lipinski definition) is 5. The Labute approximate surface area is 156 Å². The van der Waals surface area contributed by atoms with Gasteiger partial charge in [0, 0.05) is 24.6 Å². The van der Waals surface area contributed by atoms with Crippen LogP contribution in [0.15, 0.2) is 71.6 Å². The van der Waals surface area contributed by atoms with Crippen molar-refractivity contribution in [2.24, 2.45) is 0 Å². The molecule has 0 radical (unpaired) electrons. The molecule has 6 nitrogen and oxygen atoms in total. The van der Waals surface area contributed by atoms with Gasteiger partial charge in [-0.15, -0.1) is 0 Å². The predicted octanol–water partition coefficient (Wildman–Crippen LogP) is 4.21. The van der Waals surface area contributed by atoms with Gasteiger partial charge < -0.3 is 13.8 Å². The molecule has 27 heavy (non-hydrogen) atoms. The molecular formula is C21H16N4O2. The average molecular weight is 356 g/mol. The first-order valence-electron chi connectivity index (χ1n) is 8.38. The fourth-order valence-electron chi connectivity index (χ4n) is 2.91. The minimum Gasteiger partial charge on any atom is -0.377 e. The summed E-state index contributed by atoms with van der Waals surface area (Å²) in [5, 5.41) is 13.2. The maximum Gasteiger partial charge on any atom is 0.172 e. The summed E-state index contributed by atoms with van der Waals surface area (Å²) < 4.78 is 12.7. The van der Waals surface area contributed by atoms with E-state index in [1.165, 1.54) is 0 Å². The standard InChI is InChI=1S/C21H16N4O2/c1-26-13-19-20(21(24-27-19)16-5-3-2-4-6-16)18-12-25(14-23-18)17-9-7-15(11-22)8-10-17/h2-10,12,14H,13H2,1H3. The highest BCUT2D eigenvalue weighted by Crippen LogP contribution is 2.34. The maximum absolute atomic E-state index is 8.95. The van der Waals surface area contributed by atoms with Crippen molar-refractivity contribution in [3.8, 4) is 34.3 Å². The molecule has 0 spiro atoms. The van der Waals surface area contributed by atoms with Crippen LogP contribution < -0.4 is 0 Å². The first kappa shape index (κ1) is 16.8. The number of imidazole rings is 1. The molecular weight excluding hydrogens is 340 g/mol. The van der Waals surface area contributed by atoms with E-state index in [0.717, 1.165) is 28.2 Å². The van der Waals surface area contributed by atoms with E-state index >= 15 is 0 Å². The van der Waals surface area contributed by atoms with Crippen LogP contribution in [0, 0.1) is 11.3 Å². The third-order valence-corrected chi connectivity index (χ3v) is 4.22. The summed E-state index contributed by atoms with van der Waals surface area (Å²) in [7, 11) is 1.61. The monoisotopic (exact) mass is 356 g/mol. The van der Waals surface area contributed by atoms with E-state index in [1.54, 1.807) is 25.6 Å². The molecule has 0 bridgehead atoms. The molecule has 0 atom stereocenters. The molecule has 0 unspecified atom stereocenters. The maximum atomic E-state index is 8.95. The van der Waals surface area contributed by atoms with Crippen molar-refractivity contribution in [3.63, 3.8) is 0 Å². The molecule has 2 aromatic heterocycles. The van der Waals surface area contributed by atoms with Crippen molar-refractivity contribution >= 4 is 0 Å². The van der Waals surface area contributed by atoms with Crippen LogP contribution in [0.3, 0.4) is 0 Å². The lowest BCUT2D eigenvalue weighted by atomic mass is 10.0. The quantitative estimate of drug-likeness (QED) is 0.535. The lowest BCUT2D eigenvalue weighted by molar-refractivity contribution is 0.156. The molecule has 0 saturated carbocycles. The fourth-order valence-corrected chi connectivity index (χ4v) is 2.91. The molecule has 6 heteroatoms. The van der Waals surface area contributed by atoms with Crippen molar-refractivity contribution in [2.75, 3.05) is 7.11 Å². The van der Waals surface area contributed by atoms with Crippen molar-refractivity contribution in [1.82, 2.24) is 14.7 Å². The van der Waals surface area contributed by atoms with E-state index in [2.05, 4.69) is 16.2 Å². The summed E-state index contributed by atoms with van der Waals surface area (Å²) in [4.78, 5) is 4.55. The smallest absolute Gasteiger partial charge is 0.172 e. The van der Waals surface area contributed by atoms with Crippen LogP contribution in [-0.4, -0.2) is 21.8 Å². The molecule has 0 aliphatic heterocycles. The van der Waals surface area contributed by atoms with Gasteiger partial charge in [0.25, 0.3) is 0 Å². The Kier molecular flexibility index (Phi) is 4.52. The molecule has 0 aliphatic rings. The van der Waals surface area contributed by atoms with Crippen LogP contribution in [0.5, 0.6) is 0 Å². The fraction of sp³-hybridized carbons (Fsp3) is 0.0952. The second-order valence-corrected chi connectivity index (χ2v) is 5.95. The van der Waals surface area contributed by atoms with E-state index in [9.17, 15) is 0 Å². The van der Waals surface area contributed by atoms with E-state index < -0.39 is 0 Å². The number of nitrogens with zero attached hydrogens (tertiary/aromatic N) is 4. The summed E-state index contributed by atoms with van der Waals surface area (Å²) in [6, 6.07) is 19.3. The molecule has 0 fully saturated rings. The van der Waals surface area contributed by atoms with Gasteiger partial charge in [0.05, 0.1) is 29.2 Å². The molecule has 0 amide bonds. The van der Waals surface area contributed by atoms with E-state index in [1.807, 2.05) is 53.2 Å². The average Bonchev–Trinajstić information content (AvgIpc) is 3.36. The zero-order chi connectivity index (χ0) is 18.6. The summed E-state index contributed by atoms with van der Waals surface area (Å²) in [5.74, 6) is 0.626. The van der Waals surface area contributed by atoms with Gasteiger partial charge in [-0.05, 0) is 24.3 Å². The topological polar surface area (TPSA) is 76.9 Å². The molecule has 0 N–H and O–H groups in total. The highest BCUT2D eigenvalue weighted by atomic mass is 16.5. The van der Waals surface area contributed by atoms with Crippen molar-refractivity contribution in [1.29, 1.82) is 5.26 Å². The Morgan fingerprint density at radius 1 is 1.11 bits per heavy atom. The van der Waals surface area contributed by atoms with E-state index in [0.29, 0.717) is 17.9 Å². The van der Waals surface area contributed by atoms with Gasteiger partial charge in [-0.25, -0.2) is 4.98 Å². The van der Waals surface area contributed by atoms with Gasteiger partial charge >= 0.3 is 0 Å². The Balaban J connectivity index is 1.78. The lowest BCUT2D eigenvalue weighted by Gasteiger charge is -2.02. The number of methoxy groups -OCH3 is 1. The molecule has 0 saturated heterocycles. The zero-order valence-electron chi connectivity index (χ0n) is 14.7. The third-order valence-electron chi connectivity index (χ3n) is 4.22. The number of nitriles is 1. The number of hydrogen-bond donors (Lipinski definition) is 0. The highest BCUT2D eigenvalue weighted by Gasteiger charge is 2.21. The number of rotatable bonds is 5. The van der Waals surface area contributed by atoms with Crippen molar-refractivity contribution in [3.05, 3.63) is 78.4 Å². The van der Waals surface area contributed by atoms with Crippen LogP contribution in [0.1, 0.15) is 11.3 Å². The van der Waals surface area contributed by atoms with Gasteiger partial charge in [0.1, 0.15) is 12.3 Å². The molecule has 2 aromatic carbocycles. The third kappa shape index (κ3) is 3.24. The second-order valence-electron chi connectivity index (χ2n) is 5.95. The van der Waals surface area contributed by atoms with Crippen LogP contribution >= 0.6 is 0 Å². The Hall–Kier alpha value is -3.69. The predicted molar refractivity (Wildman–Crippen MR) is 99.9 cm³/mol. The van der Waals surface area contributed by atoms with Gasteiger partial charge in [-0.1, -0.05) is 35.5 Å². The first-order chi connectivity index (χ1) is 13.3. The number of ether oxygens (including phenoxy) is 1. The minimum atomic E-state index is 0.304. The highest BCUT2D eigenvalue weighted by molar-refractivity contribution is 5.80. The summed E-state index contributed by atoms with van der Waals surface area (Å²) >= 11 is 0. The molecule has 4 aromatic rings. The Morgan fingerprint density at radius 3 is 2.59 bits per heavy atom. The Morgan fingerprint density at radius 2 is 1.89 bits per heavy atom. The molecule has 132 valence electrons. The second kappa shape index (κ2) is 7.28. The van der Waals surface area contributed by atoms with Gasteiger partial charge in [0.2, 0.25) is 0 Å². The number of aromatic nitrogens is 3. The van der Waals surface area contributed by atoms with Crippen molar-refractivity contribution in [2.45, 2.75) is 6.61 Å². The molecule has 4 rings (SSSR count). The minimum absolute atomic E-state index is 0.304. The Bertz CT molecular complexity index is 1090. The van der Waals surface area contributed by atoms with Gasteiger partial charge in [0.15, 0.2) is 5.76 Å². The normalized spacial score (nSPS) is 10.7. The van der Waals surface area contributed by atoms with Crippen LogP contribution in [0.4, 0.5) is 0 Å². The lowest BCUT2D eigenvalue weighted by Crippen LogP contribution is -1.91. The van der Waals surface area contributed by atoms with Gasteiger partial charge in [-0.2, -0.15) is 5.26 Å². The summed E-state index contributed by atoms with van der Waals surface area (Å²) in [6.45, 7) is 0.304. The van der Waals surface area contributed by atoms with Crippen LogP contribution in [-0.2, 0) is 11.3 Å². The van der Waals surface area contributed by atoms with Crippen molar-refractivity contribution < 1.29 is 9.26 Å². The van der Waals surface area contributed by atoms with Crippen LogP contribution in [0.2, 0.25) is 0 Å². The molecule has 2 heterocycles. The molecule has 0 aliphatic carbocycles. The van der Waals surface area contributed by atoms with E-state index in [-0.39, 0.29) is 0 Å². The largest absolute Gasteiger partial charge is 0.377 e. The van der Waals surface area contributed by atoms with Gasteiger partial charge in [-0.3, -0.25) is 0 Å². The zero-order valence-corrected chi connectivity index (χ0v) is 14.7. The number of benzene rings is 2. The SMILES string of the molecule is COCc1onc(-c2ccccc2)c1-c1cn(-c2ccc(C#N)cc2)cn1. The van der Waals surface area contributed by atoms with E-state index in [4.69, 9.17) is 14.5 Å². The van der Waals surface area contributed by atoms with Crippen LogP contribution in [0.25, 0.3) is 28.2 Å². The first-order valence-corrected chi connectivity index (χ1v) is 8.38. The summed E-state index contributed by atoms with van der Waals surface area (Å²) in [5.41, 5.74) is 4.77.